The van der Waals surface area contributed by atoms with E-state index in [0.29, 0.717) is 18.4 Å². The summed E-state index contributed by atoms with van der Waals surface area (Å²) in [6, 6.07) is 5.77. The van der Waals surface area contributed by atoms with Crippen LogP contribution in [0, 0.1) is 11.8 Å². The zero-order valence-electron chi connectivity index (χ0n) is 19.5. The fraction of sp³-hybridized carbons (Fsp3) is 0.609. The third kappa shape index (κ3) is 3.56. The third-order valence-corrected chi connectivity index (χ3v) is 8.28. The van der Waals surface area contributed by atoms with E-state index < -0.39 is 47.5 Å². The predicted octanol–water partition coefficient (Wildman–Crippen LogP) is 0.587. The molecule has 2 bridgehead atoms. The number of hydrogen-bond acceptors (Lipinski definition) is 8. The zero-order chi connectivity index (χ0) is 24.9. The Hall–Kier alpha value is -2.57. The van der Waals surface area contributed by atoms with Gasteiger partial charge >= 0.3 is 5.97 Å². The van der Waals surface area contributed by atoms with Crippen LogP contribution >= 0.6 is 15.9 Å². The molecule has 188 valence electrons. The highest BCUT2D eigenvalue weighted by molar-refractivity contribution is 9.09. The van der Waals surface area contributed by atoms with Crippen LogP contribution in [0.25, 0.3) is 11.0 Å². The normalized spacial score (nSPS) is 32.2. The molecule has 1 aromatic heterocycles. The first kappa shape index (κ1) is 24.1. The number of carbonyl (C=O) groups is 3. The largest absolute Gasteiger partial charge is 0.466 e. The van der Waals surface area contributed by atoms with Crippen molar-refractivity contribution in [2.24, 2.45) is 11.8 Å². The second-order valence-electron chi connectivity index (χ2n) is 9.18. The molecule has 2 amide bonds. The molecule has 12 heteroatoms. The Balaban J connectivity index is 1.49. The number of ether oxygens (including phenoxy) is 2. The van der Waals surface area contributed by atoms with E-state index in [0.717, 1.165) is 5.52 Å². The number of benzene rings is 1. The van der Waals surface area contributed by atoms with Crippen LogP contribution in [-0.2, 0) is 30.5 Å². The van der Waals surface area contributed by atoms with Crippen LogP contribution in [0.1, 0.15) is 26.7 Å². The quantitative estimate of drug-likeness (QED) is 0.360. The Labute approximate surface area is 210 Å². The Kier molecular flexibility index (Phi) is 6.30. The molecular weight excluding hydrogens is 522 g/mol. The highest BCUT2D eigenvalue weighted by Crippen LogP contribution is 2.60. The summed E-state index contributed by atoms with van der Waals surface area (Å²) in [7, 11) is 0. The van der Waals surface area contributed by atoms with Crippen molar-refractivity contribution in [3.8, 4) is 0 Å². The molecule has 3 aliphatic heterocycles. The number of alkyl halides is 1. The maximum absolute atomic E-state index is 13.8. The van der Waals surface area contributed by atoms with Gasteiger partial charge in [-0.25, -0.2) is 4.68 Å². The van der Waals surface area contributed by atoms with Crippen molar-refractivity contribution in [1.29, 1.82) is 0 Å². The minimum atomic E-state index is -1.20. The molecule has 3 aliphatic rings. The van der Waals surface area contributed by atoms with Crippen molar-refractivity contribution in [3.05, 3.63) is 24.3 Å². The summed E-state index contributed by atoms with van der Waals surface area (Å²) in [5.74, 6) is -2.98. The smallest absolute Gasteiger partial charge is 0.312 e. The Morgan fingerprint density at radius 3 is 2.86 bits per heavy atom. The van der Waals surface area contributed by atoms with Crippen molar-refractivity contribution in [1.82, 2.24) is 25.2 Å². The summed E-state index contributed by atoms with van der Waals surface area (Å²) >= 11 is 3.61. The van der Waals surface area contributed by atoms with Gasteiger partial charge in [0.1, 0.15) is 23.8 Å². The van der Waals surface area contributed by atoms with E-state index in [-0.39, 0.29) is 30.6 Å². The standard InChI is InChI=1S/C23H28BrN5O6/c1-3-12(10-30)29-19(20(31)25-11-28-15-8-6-5-7-14(15)26-27-28)23-9-13(24)18(35-23)16(17(23)21(29)32)22(33)34-4-2/h5-8,12-13,16-19,30H,3-4,9-11H2,1-2H3,(H,25,31)/t12-,13?,16-,17-,18-,19?,23?/m0/s1. The highest BCUT2D eigenvalue weighted by Gasteiger charge is 2.77. The molecule has 1 aromatic carbocycles. The minimum Gasteiger partial charge on any atom is -0.466 e. The third-order valence-electron chi connectivity index (χ3n) is 7.43. The van der Waals surface area contributed by atoms with Gasteiger partial charge in [-0.15, -0.1) is 5.10 Å². The number of carbonyl (C=O) groups excluding carboxylic acids is 3. The summed E-state index contributed by atoms with van der Waals surface area (Å²) < 4.78 is 13.2. The fourth-order valence-corrected chi connectivity index (χ4v) is 6.91. The van der Waals surface area contributed by atoms with Crippen molar-refractivity contribution < 1.29 is 29.0 Å². The molecule has 2 aromatic rings. The maximum Gasteiger partial charge on any atom is 0.312 e. The van der Waals surface area contributed by atoms with E-state index in [4.69, 9.17) is 9.47 Å². The Bertz CT molecular complexity index is 1150. The lowest BCUT2D eigenvalue weighted by atomic mass is 9.70. The van der Waals surface area contributed by atoms with Gasteiger partial charge in [-0.05, 0) is 31.9 Å². The van der Waals surface area contributed by atoms with Gasteiger partial charge in [0.05, 0.1) is 42.7 Å². The first-order valence-electron chi connectivity index (χ1n) is 11.8. The number of hydrogen-bond donors (Lipinski definition) is 2. The average Bonchev–Trinajstić information content (AvgIpc) is 3.56. The molecular formula is C23H28BrN5O6. The van der Waals surface area contributed by atoms with Gasteiger partial charge in [0.15, 0.2) is 0 Å². The van der Waals surface area contributed by atoms with Crippen LogP contribution in [0.4, 0.5) is 0 Å². The van der Waals surface area contributed by atoms with Crippen LogP contribution in [0.5, 0.6) is 0 Å². The first-order chi connectivity index (χ1) is 16.9. The molecule has 7 atom stereocenters. The van der Waals surface area contributed by atoms with Crippen LogP contribution < -0.4 is 5.32 Å². The molecule has 11 nitrogen and oxygen atoms in total. The molecule has 2 N–H and O–H groups in total. The number of halogens is 1. The van der Waals surface area contributed by atoms with Crippen molar-refractivity contribution in [2.45, 2.75) is 62.0 Å². The molecule has 4 heterocycles. The molecule has 3 saturated heterocycles. The van der Waals surface area contributed by atoms with E-state index in [1.54, 1.807) is 11.6 Å². The minimum absolute atomic E-state index is 0.0387. The van der Waals surface area contributed by atoms with E-state index in [9.17, 15) is 19.5 Å². The predicted molar refractivity (Wildman–Crippen MR) is 126 cm³/mol. The van der Waals surface area contributed by atoms with Gasteiger partial charge < -0.3 is 24.8 Å². The second kappa shape index (κ2) is 9.14. The Morgan fingerprint density at radius 2 is 2.14 bits per heavy atom. The van der Waals surface area contributed by atoms with Crippen LogP contribution in [0.3, 0.4) is 0 Å². The van der Waals surface area contributed by atoms with Crippen molar-refractivity contribution in [3.63, 3.8) is 0 Å². The molecule has 35 heavy (non-hydrogen) atoms. The number of para-hydroxylation sites is 1. The number of nitrogens with one attached hydrogen (secondary N) is 1. The topological polar surface area (TPSA) is 136 Å². The summed E-state index contributed by atoms with van der Waals surface area (Å²) in [6.07, 6.45) is 0.245. The number of rotatable bonds is 8. The number of aliphatic hydroxyl groups is 1. The Morgan fingerprint density at radius 1 is 1.37 bits per heavy atom. The monoisotopic (exact) mass is 549 g/mol. The van der Waals surface area contributed by atoms with Gasteiger partial charge in [-0.3, -0.25) is 14.4 Å². The summed E-state index contributed by atoms with van der Waals surface area (Å²) in [4.78, 5) is 41.6. The lowest BCUT2D eigenvalue weighted by Gasteiger charge is -2.36. The number of aliphatic hydroxyl groups excluding tert-OH is 1. The fourth-order valence-electron chi connectivity index (χ4n) is 5.97. The molecule has 5 rings (SSSR count). The molecule has 3 fully saturated rings. The number of esters is 1. The van der Waals surface area contributed by atoms with Gasteiger partial charge in [0.25, 0.3) is 0 Å². The first-order valence-corrected chi connectivity index (χ1v) is 12.8. The van der Waals surface area contributed by atoms with Crippen LogP contribution in [0.15, 0.2) is 24.3 Å². The molecule has 0 saturated carbocycles. The second-order valence-corrected chi connectivity index (χ2v) is 10.4. The van der Waals surface area contributed by atoms with Gasteiger partial charge in [-0.2, -0.15) is 0 Å². The van der Waals surface area contributed by atoms with E-state index in [1.807, 2.05) is 31.2 Å². The molecule has 0 aliphatic carbocycles. The summed E-state index contributed by atoms with van der Waals surface area (Å²) in [5.41, 5.74) is 0.247. The lowest BCUT2D eigenvalue weighted by molar-refractivity contribution is -0.155. The lowest BCUT2D eigenvalue weighted by Crippen LogP contribution is -2.58. The number of aromatic nitrogens is 3. The van der Waals surface area contributed by atoms with Crippen LogP contribution in [0.2, 0.25) is 0 Å². The molecule has 0 radical (unpaired) electrons. The maximum atomic E-state index is 13.8. The molecule has 1 spiro atoms. The number of amides is 2. The average molecular weight is 550 g/mol. The van der Waals surface area contributed by atoms with Gasteiger partial charge in [-0.1, -0.05) is 40.2 Å². The van der Waals surface area contributed by atoms with Gasteiger partial charge in [0, 0.05) is 4.83 Å². The van der Waals surface area contributed by atoms with Crippen LogP contribution in [-0.4, -0.2) is 84.6 Å². The van der Waals surface area contributed by atoms with E-state index in [1.165, 1.54) is 4.90 Å². The number of likely N-dealkylation sites (tertiary alicyclic amines) is 1. The SMILES string of the molecule is CCOC(=O)[C@H]1[C@H]2C(=O)N([C@@H](CC)CO)C(C(=O)NCn3nnc4ccccc43)C23CC(Br)[C@@H]1O3. The highest BCUT2D eigenvalue weighted by atomic mass is 79.9. The number of fused-ring (bicyclic) bond motifs is 2. The van der Waals surface area contributed by atoms with E-state index in [2.05, 4.69) is 31.6 Å². The van der Waals surface area contributed by atoms with Crippen molar-refractivity contribution >= 4 is 44.7 Å². The van der Waals surface area contributed by atoms with E-state index >= 15 is 0 Å². The van der Waals surface area contributed by atoms with Gasteiger partial charge in [0.2, 0.25) is 11.8 Å². The van der Waals surface area contributed by atoms with Crippen molar-refractivity contribution in [2.75, 3.05) is 13.2 Å². The zero-order valence-corrected chi connectivity index (χ0v) is 21.1. The molecule has 3 unspecified atom stereocenters. The number of nitrogens with zero attached hydrogens (tertiary/aromatic N) is 4. The summed E-state index contributed by atoms with van der Waals surface area (Å²) in [5, 5.41) is 21.1. The summed E-state index contributed by atoms with van der Waals surface area (Å²) in [6.45, 7) is 3.45.